The molecule has 120 valence electrons. The maximum atomic E-state index is 12.6. The molecule has 0 aromatic heterocycles. The molecule has 1 aromatic carbocycles. The number of rotatable bonds is 7. The first-order valence-electron chi connectivity index (χ1n) is 6.86. The van der Waals surface area contributed by atoms with Gasteiger partial charge in [0.2, 0.25) is 0 Å². The van der Waals surface area contributed by atoms with Crippen LogP contribution in [-0.4, -0.2) is 41.0 Å². The lowest BCUT2D eigenvalue weighted by Gasteiger charge is -2.27. The molecule has 0 bridgehead atoms. The summed E-state index contributed by atoms with van der Waals surface area (Å²) < 4.78 is 37.8. The number of benzene rings is 1. The van der Waals surface area contributed by atoms with E-state index in [9.17, 15) is 18.3 Å². The molecule has 0 saturated carbocycles. The number of hydrogen-bond donors (Lipinski definition) is 1. The van der Waals surface area contributed by atoms with E-state index in [1.807, 2.05) is 6.92 Å². The van der Waals surface area contributed by atoms with E-state index in [1.54, 1.807) is 19.9 Å². The Labute approximate surface area is 128 Å². The molecule has 0 spiro atoms. The highest BCUT2D eigenvalue weighted by molar-refractivity contribution is 7.99. The summed E-state index contributed by atoms with van der Waals surface area (Å²) in [5.74, 6) is 0.686. The number of nitrogens with zero attached hydrogens (tertiary/aromatic N) is 1. The molecule has 21 heavy (non-hydrogen) atoms. The van der Waals surface area contributed by atoms with Crippen molar-refractivity contribution in [3.05, 3.63) is 29.8 Å². The topological polar surface area (TPSA) is 23.5 Å². The van der Waals surface area contributed by atoms with Crippen LogP contribution in [0, 0.1) is 0 Å². The zero-order valence-corrected chi connectivity index (χ0v) is 13.4. The van der Waals surface area contributed by atoms with Crippen molar-refractivity contribution in [1.82, 2.24) is 4.90 Å². The third-order valence-electron chi connectivity index (χ3n) is 2.90. The Kier molecular flexibility index (Phi) is 6.56. The van der Waals surface area contributed by atoms with Crippen LogP contribution in [-0.2, 0) is 6.18 Å². The van der Waals surface area contributed by atoms with E-state index >= 15 is 0 Å². The highest BCUT2D eigenvalue weighted by atomic mass is 32.2. The van der Waals surface area contributed by atoms with E-state index < -0.39 is 17.3 Å². The van der Waals surface area contributed by atoms with Crippen molar-refractivity contribution in [2.75, 3.05) is 25.4 Å². The zero-order valence-electron chi connectivity index (χ0n) is 12.6. The molecule has 1 N–H and O–H groups in total. The summed E-state index contributed by atoms with van der Waals surface area (Å²) in [5.41, 5.74) is -1.38. The lowest BCUT2D eigenvalue weighted by Crippen LogP contribution is -2.39. The van der Waals surface area contributed by atoms with Gasteiger partial charge in [0, 0.05) is 23.7 Å². The number of likely N-dealkylation sites (N-methyl/N-ethyl adjacent to an activating group) is 1. The highest BCUT2D eigenvalue weighted by Gasteiger charge is 2.30. The lowest BCUT2D eigenvalue weighted by molar-refractivity contribution is -0.137. The third-order valence-corrected chi connectivity index (χ3v) is 3.87. The molecule has 0 unspecified atom stereocenters. The van der Waals surface area contributed by atoms with Gasteiger partial charge in [0.05, 0.1) is 11.2 Å². The second-order valence-electron chi connectivity index (χ2n) is 5.56. The first kappa shape index (κ1) is 18.3. The zero-order chi connectivity index (χ0) is 16.1. The molecule has 1 rings (SSSR count). The van der Waals surface area contributed by atoms with Crippen molar-refractivity contribution < 1.29 is 18.3 Å². The third kappa shape index (κ3) is 7.20. The first-order valence-corrected chi connectivity index (χ1v) is 7.85. The predicted molar refractivity (Wildman–Crippen MR) is 80.6 cm³/mol. The van der Waals surface area contributed by atoms with Crippen molar-refractivity contribution in [3.8, 4) is 0 Å². The van der Waals surface area contributed by atoms with Crippen LogP contribution >= 0.6 is 11.8 Å². The summed E-state index contributed by atoms with van der Waals surface area (Å²) in [6, 6.07) is 5.37. The van der Waals surface area contributed by atoms with Crippen molar-refractivity contribution in [1.29, 1.82) is 0 Å². The quantitative estimate of drug-likeness (QED) is 0.771. The molecule has 0 aliphatic carbocycles. The minimum absolute atomic E-state index is 0.548. The van der Waals surface area contributed by atoms with Crippen LogP contribution in [0.25, 0.3) is 0 Å². The monoisotopic (exact) mass is 321 g/mol. The van der Waals surface area contributed by atoms with Gasteiger partial charge in [-0.1, -0.05) is 13.0 Å². The molecule has 2 nitrogen and oxygen atoms in total. The summed E-state index contributed by atoms with van der Waals surface area (Å²) in [7, 11) is 0. The van der Waals surface area contributed by atoms with Crippen LogP contribution in [0.4, 0.5) is 13.2 Å². The lowest BCUT2D eigenvalue weighted by atomic mass is 10.1. The van der Waals surface area contributed by atoms with Gasteiger partial charge in [0.15, 0.2) is 0 Å². The van der Waals surface area contributed by atoms with Gasteiger partial charge in [0.1, 0.15) is 0 Å². The van der Waals surface area contributed by atoms with Crippen LogP contribution in [0.15, 0.2) is 29.2 Å². The Balaban J connectivity index is 2.52. The Bertz CT molecular complexity index is 443. The molecular formula is C15H22F3NOS. The first-order chi connectivity index (χ1) is 9.62. The number of alkyl halides is 3. The summed E-state index contributed by atoms with van der Waals surface area (Å²) in [5, 5.41) is 9.79. The van der Waals surface area contributed by atoms with Crippen LogP contribution in [0.2, 0.25) is 0 Å². The van der Waals surface area contributed by atoms with Crippen LogP contribution < -0.4 is 0 Å². The van der Waals surface area contributed by atoms with Crippen LogP contribution in [0.3, 0.4) is 0 Å². The second kappa shape index (κ2) is 7.51. The Hall–Kier alpha value is -0.720. The second-order valence-corrected chi connectivity index (χ2v) is 6.72. The van der Waals surface area contributed by atoms with Crippen molar-refractivity contribution in [2.45, 2.75) is 37.4 Å². The van der Waals surface area contributed by atoms with Gasteiger partial charge in [-0.05, 0) is 38.6 Å². The number of hydrogen-bond acceptors (Lipinski definition) is 3. The summed E-state index contributed by atoms with van der Waals surface area (Å²) in [6.45, 7) is 7.56. The minimum Gasteiger partial charge on any atom is -0.389 e. The SMILES string of the molecule is CCN(CCSc1cccc(C(F)(F)F)c1)CC(C)(C)O. The van der Waals surface area contributed by atoms with Crippen molar-refractivity contribution in [2.24, 2.45) is 0 Å². The average Bonchev–Trinajstić information content (AvgIpc) is 2.35. The normalized spacial score (nSPS) is 13.0. The molecule has 0 fully saturated rings. The average molecular weight is 321 g/mol. The minimum atomic E-state index is -4.30. The van der Waals surface area contributed by atoms with Gasteiger partial charge >= 0.3 is 6.18 Å². The molecule has 0 aliphatic rings. The van der Waals surface area contributed by atoms with Gasteiger partial charge in [-0.3, -0.25) is 4.90 Å². The maximum Gasteiger partial charge on any atom is 0.416 e. The molecule has 1 aromatic rings. The van der Waals surface area contributed by atoms with Gasteiger partial charge < -0.3 is 5.11 Å². The van der Waals surface area contributed by atoms with E-state index in [0.29, 0.717) is 17.2 Å². The van der Waals surface area contributed by atoms with E-state index in [-0.39, 0.29) is 0 Å². The van der Waals surface area contributed by atoms with Crippen molar-refractivity contribution >= 4 is 11.8 Å². The highest BCUT2D eigenvalue weighted by Crippen LogP contribution is 2.31. The fraction of sp³-hybridized carbons (Fsp3) is 0.600. The fourth-order valence-electron chi connectivity index (χ4n) is 1.95. The molecule has 0 aliphatic heterocycles. The van der Waals surface area contributed by atoms with Gasteiger partial charge in [-0.25, -0.2) is 0 Å². The standard InChI is InChI=1S/C15H22F3NOS/c1-4-19(11-14(2,3)20)8-9-21-13-7-5-6-12(10-13)15(16,17)18/h5-7,10,20H,4,8-9,11H2,1-3H3. The Morgan fingerprint density at radius 2 is 1.90 bits per heavy atom. The number of halogens is 3. The van der Waals surface area contributed by atoms with E-state index in [4.69, 9.17) is 0 Å². The van der Waals surface area contributed by atoms with E-state index in [0.717, 1.165) is 19.2 Å². The molecule has 0 saturated heterocycles. The van der Waals surface area contributed by atoms with Crippen molar-refractivity contribution in [3.63, 3.8) is 0 Å². The number of thioether (sulfide) groups is 1. The number of aliphatic hydroxyl groups is 1. The molecule has 6 heteroatoms. The van der Waals surface area contributed by atoms with Gasteiger partial charge in [-0.2, -0.15) is 13.2 Å². The summed E-state index contributed by atoms with van der Waals surface area (Å²) in [4.78, 5) is 2.70. The van der Waals surface area contributed by atoms with Gasteiger partial charge in [-0.15, -0.1) is 11.8 Å². The molecule has 0 heterocycles. The molecule has 0 radical (unpaired) electrons. The van der Waals surface area contributed by atoms with Gasteiger partial charge in [0.25, 0.3) is 0 Å². The summed E-state index contributed by atoms with van der Waals surface area (Å²) in [6.07, 6.45) is -4.30. The molecular weight excluding hydrogens is 299 g/mol. The predicted octanol–water partition coefficient (Wildman–Crippen LogP) is 3.89. The smallest absolute Gasteiger partial charge is 0.389 e. The van der Waals surface area contributed by atoms with E-state index in [2.05, 4.69) is 4.90 Å². The van der Waals surface area contributed by atoms with Crippen LogP contribution in [0.1, 0.15) is 26.3 Å². The fourth-order valence-corrected chi connectivity index (χ4v) is 2.92. The largest absolute Gasteiger partial charge is 0.416 e. The maximum absolute atomic E-state index is 12.6. The Morgan fingerprint density at radius 1 is 1.24 bits per heavy atom. The van der Waals surface area contributed by atoms with E-state index in [1.165, 1.54) is 23.9 Å². The Morgan fingerprint density at radius 3 is 2.43 bits per heavy atom. The van der Waals surface area contributed by atoms with Crippen LogP contribution in [0.5, 0.6) is 0 Å². The molecule has 0 atom stereocenters. The summed E-state index contributed by atoms with van der Waals surface area (Å²) >= 11 is 1.40. The molecule has 0 amide bonds.